The van der Waals surface area contributed by atoms with Gasteiger partial charge in [-0.25, -0.2) is 9.97 Å². The molecular weight excluding hydrogens is 274 g/mol. The van der Waals surface area contributed by atoms with Gasteiger partial charge in [-0.15, -0.1) is 0 Å². The third-order valence-corrected chi connectivity index (χ3v) is 3.49. The van der Waals surface area contributed by atoms with E-state index in [0.717, 1.165) is 11.3 Å². The van der Waals surface area contributed by atoms with Crippen molar-refractivity contribution in [1.82, 2.24) is 14.5 Å². The van der Waals surface area contributed by atoms with Gasteiger partial charge in [0.05, 0.1) is 16.1 Å². The fourth-order valence-corrected chi connectivity index (χ4v) is 2.51. The molecule has 0 saturated carbocycles. The van der Waals surface area contributed by atoms with E-state index in [1.165, 1.54) is 10.9 Å². The summed E-state index contributed by atoms with van der Waals surface area (Å²) >= 11 is 6.14. The second kappa shape index (κ2) is 4.72. The zero-order valence-corrected chi connectivity index (χ0v) is 11.8. The summed E-state index contributed by atoms with van der Waals surface area (Å²) in [5.74, 6) is 0. The minimum absolute atomic E-state index is 0.159. The van der Waals surface area contributed by atoms with Gasteiger partial charge in [-0.1, -0.05) is 23.7 Å². The highest BCUT2D eigenvalue weighted by molar-refractivity contribution is 6.32. The van der Waals surface area contributed by atoms with Crippen LogP contribution in [0, 0.1) is 13.8 Å². The number of hydrogen-bond donors (Lipinski definition) is 0. The van der Waals surface area contributed by atoms with Crippen LogP contribution in [0.4, 0.5) is 0 Å². The molecule has 0 aliphatic carbocycles. The Labute approximate surface area is 120 Å². The summed E-state index contributed by atoms with van der Waals surface area (Å²) in [6.45, 7) is 3.77. The van der Waals surface area contributed by atoms with Crippen LogP contribution in [0.3, 0.4) is 0 Å². The summed E-state index contributed by atoms with van der Waals surface area (Å²) in [7, 11) is 0. The van der Waals surface area contributed by atoms with Crippen molar-refractivity contribution in [2.75, 3.05) is 0 Å². The van der Waals surface area contributed by atoms with Crippen LogP contribution in [0.2, 0.25) is 5.02 Å². The van der Waals surface area contributed by atoms with E-state index in [4.69, 9.17) is 11.6 Å². The highest BCUT2D eigenvalue weighted by atomic mass is 35.5. The number of benzene rings is 1. The van der Waals surface area contributed by atoms with E-state index >= 15 is 0 Å². The molecule has 0 aliphatic rings. The summed E-state index contributed by atoms with van der Waals surface area (Å²) in [5, 5.41) is 1.03. The Morgan fingerprint density at radius 2 is 1.95 bits per heavy atom. The Kier molecular flexibility index (Phi) is 3.03. The smallest absolute Gasteiger partial charge is 0.267 e. The molecule has 0 saturated heterocycles. The maximum atomic E-state index is 12.6. The van der Waals surface area contributed by atoms with Gasteiger partial charge in [-0.05, 0) is 37.6 Å². The lowest BCUT2D eigenvalue weighted by molar-refractivity contribution is 0.951. The molecule has 0 unspecified atom stereocenters. The van der Waals surface area contributed by atoms with Gasteiger partial charge in [0.1, 0.15) is 6.33 Å². The number of fused-ring (bicyclic) bond motifs is 1. The van der Waals surface area contributed by atoms with Crippen molar-refractivity contribution in [2.45, 2.75) is 13.8 Å². The summed E-state index contributed by atoms with van der Waals surface area (Å²) in [6, 6.07) is 9.06. The van der Waals surface area contributed by atoms with Crippen molar-refractivity contribution in [3.8, 4) is 5.69 Å². The van der Waals surface area contributed by atoms with Crippen LogP contribution >= 0.6 is 11.6 Å². The third-order valence-electron chi connectivity index (χ3n) is 3.17. The number of rotatable bonds is 1. The molecular formula is C15H12ClN3O. The molecule has 0 spiro atoms. The van der Waals surface area contributed by atoms with E-state index in [1.54, 1.807) is 12.1 Å². The van der Waals surface area contributed by atoms with Crippen LogP contribution in [0.15, 0.2) is 41.5 Å². The highest BCUT2D eigenvalue weighted by Crippen LogP contribution is 2.19. The molecule has 0 bridgehead atoms. The maximum Gasteiger partial charge on any atom is 0.267 e. The Hall–Kier alpha value is -2.20. The molecule has 0 N–H and O–H groups in total. The van der Waals surface area contributed by atoms with Crippen molar-refractivity contribution < 1.29 is 0 Å². The van der Waals surface area contributed by atoms with Gasteiger partial charge < -0.3 is 0 Å². The van der Waals surface area contributed by atoms with Crippen LogP contribution in [0.1, 0.15) is 11.3 Å². The quantitative estimate of drug-likeness (QED) is 0.690. The van der Waals surface area contributed by atoms with Crippen molar-refractivity contribution in [2.24, 2.45) is 0 Å². The first-order chi connectivity index (χ1) is 9.58. The number of halogens is 1. The Morgan fingerprint density at radius 3 is 2.70 bits per heavy atom. The number of para-hydroxylation sites is 1. The largest absolute Gasteiger partial charge is 0.268 e. The fraction of sp³-hybridized carbons (Fsp3) is 0.133. The third kappa shape index (κ3) is 1.98. The van der Waals surface area contributed by atoms with Gasteiger partial charge >= 0.3 is 0 Å². The summed E-state index contributed by atoms with van der Waals surface area (Å²) in [5.41, 5.74) is 2.64. The molecule has 3 rings (SSSR count). The first-order valence-corrected chi connectivity index (χ1v) is 6.56. The van der Waals surface area contributed by atoms with E-state index < -0.39 is 0 Å². The monoisotopic (exact) mass is 285 g/mol. The molecule has 0 atom stereocenters. The predicted molar refractivity (Wildman–Crippen MR) is 79.6 cm³/mol. The first-order valence-electron chi connectivity index (χ1n) is 6.18. The van der Waals surface area contributed by atoms with Gasteiger partial charge in [0.2, 0.25) is 0 Å². The molecule has 20 heavy (non-hydrogen) atoms. The van der Waals surface area contributed by atoms with Crippen LogP contribution in [0.5, 0.6) is 0 Å². The van der Waals surface area contributed by atoms with Gasteiger partial charge in [0, 0.05) is 5.69 Å². The molecule has 1 aromatic carbocycles. The Bertz CT molecular complexity index is 871. The second-order valence-corrected chi connectivity index (χ2v) is 5.06. The predicted octanol–water partition coefficient (Wildman–Crippen LogP) is 3.05. The molecule has 0 aliphatic heterocycles. The van der Waals surface area contributed by atoms with Crippen molar-refractivity contribution >= 4 is 22.6 Å². The van der Waals surface area contributed by atoms with Crippen molar-refractivity contribution in [3.63, 3.8) is 0 Å². The van der Waals surface area contributed by atoms with Gasteiger partial charge in [-0.3, -0.25) is 9.36 Å². The van der Waals surface area contributed by atoms with E-state index in [9.17, 15) is 4.79 Å². The van der Waals surface area contributed by atoms with E-state index in [-0.39, 0.29) is 5.56 Å². The van der Waals surface area contributed by atoms with Crippen molar-refractivity contribution in [1.29, 1.82) is 0 Å². The number of pyridine rings is 1. The lowest BCUT2D eigenvalue weighted by atomic mass is 10.2. The minimum atomic E-state index is -0.159. The number of aromatic nitrogens is 3. The molecule has 0 radical (unpaired) electrons. The summed E-state index contributed by atoms with van der Waals surface area (Å²) in [4.78, 5) is 21.2. The topological polar surface area (TPSA) is 47.8 Å². The van der Waals surface area contributed by atoms with Crippen LogP contribution < -0.4 is 5.56 Å². The standard InChI is InChI=1S/C15H12ClN3O/c1-9-7-10(2)18-14-13(9)15(20)19(8-17-14)12-6-4-3-5-11(12)16/h3-8H,1-2H3. The summed E-state index contributed by atoms with van der Waals surface area (Å²) < 4.78 is 1.45. The summed E-state index contributed by atoms with van der Waals surface area (Å²) in [6.07, 6.45) is 1.47. The Morgan fingerprint density at radius 1 is 1.20 bits per heavy atom. The zero-order valence-electron chi connectivity index (χ0n) is 11.1. The molecule has 100 valence electrons. The Balaban J connectivity index is 2.38. The lowest BCUT2D eigenvalue weighted by Gasteiger charge is -2.09. The normalized spacial score (nSPS) is 10.9. The number of nitrogens with zero attached hydrogens (tertiary/aromatic N) is 3. The number of hydrogen-bond acceptors (Lipinski definition) is 3. The van der Waals surface area contributed by atoms with Crippen LogP contribution in [-0.2, 0) is 0 Å². The number of aryl methyl sites for hydroxylation is 2. The molecule has 3 aromatic rings. The lowest BCUT2D eigenvalue weighted by Crippen LogP contribution is -2.20. The molecule has 5 heteroatoms. The molecule has 2 aromatic heterocycles. The molecule has 0 amide bonds. The van der Waals surface area contributed by atoms with E-state index in [2.05, 4.69) is 9.97 Å². The van der Waals surface area contributed by atoms with Gasteiger partial charge in [0.25, 0.3) is 5.56 Å². The van der Waals surface area contributed by atoms with E-state index in [1.807, 2.05) is 32.0 Å². The van der Waals surface area contributed by atoms with Crippen LogP contribution in [-0.4, -0.2) is 14.5 Å². The zero-order chi connectivity index (χ0) is 14.3. The molecule has 0 fully saturated rings. The van der Waals surface area contributed by atoms with Crippen LogP contribution in [0.25, 0.3) is 16.7 Å². The maximum absolute atomic E-state index is 12.6. The van der Waals surface area contributed by atoms with Crippen molar-refractivity contribution in [3.05, 3.63) is 63.3 Å². The van der Waals surface area contributed by atoms with E-state index in [0.29, 0.717) is 21.7 Å². The average molecular weight is 286 g/mol. The molecule has 4 nitrogen and oxygen atoms in total. The minimum Gasteiger partial charge on any atom is -0.268 e. The second-order valence-electron chi connectivity index (χ2n) is 4.65. The molecule has 2 heterocycles. The van der Waals surface area contributed by atoms with Gasteiger partial charge in [0.15, 0.2) is 5.65 Å². The SMILES string of the molecule is Cc1cc(C)c2c(=O)n(-c3ccccc3Cl)cnc2n1. The highest BCUT2D eigenvalue weighted by Gasteiger charge is 2.11. The fourth-order valence-electron chi connectivity index (χ4n) is 2.28. The first kappa shape index (κ1) is 12.8. The average Bonchev–Trinajstić information content (AvgIpc) is 2.39. The van der Waals surface area contributed by atoms with Gasteiger partial charge in [-0.2, -0.15) is 0 Å².